The number of aromatic nitrogens is 2. The van der Waals surface area contributed by atoms with Crippen LogP contribution in [0.15, 0.2) is 30.3 Å². The summed E-state index contributed by atoms with van der Waals surface area (Å²) in [4.78, 5) is 11.0. The van der Waals surface area contributed by atoms with Crippen LogP contribution in [-0.2, 0) is 0 Å². The van der Waals surface area contributed by atoms with E-state index in [1.54, 1.807) is 11.3 Å². The van der Waals surface area contributed by atoms with E-state index < -0.39 is 0 Å². The Morgan fingerprint density at radius 1 is 1.17 bits per heavy atom. The fourth-order valence-electron chi connectivity index (χ4n) is 2.64. The molecule has 2 heterocycles. The zero-order valence-electron chi connectivity index (χ0n) is 13.6. The van der Waals surface area contributed by atoms with E-state index >= 15 is 0 Å². The largest absolute Gasteiger partial charge is 0.369 e. The number of fused-ring (bicyclic) bond motifs is 1. The molecule has 3 rings (SSSR count). The lowest BCUT2D eigenvalue weighted by molar-refractivity contribution is 0.607. The molecule has 2 aromatic heterocycles. The predicted octanol–water partition coefficient (Wildman–Crippen LogP) is 5.78. The van der Waals surface area contributed by atoms with E-state index in [1.807, 2.05) is 6.07 Å². The third-order valence-corrected chi connectivity index (χ3v) is 4.95. The number of halogens is 1. The second kappa shape index (κ2) is 6.85. The zero-order chi connectivity index (χ0) is 16.4. The van der Waals surface area contributed by atoms with Gasteiger partial charge in [-0.2, -0.15) is 0 Å². The molecule has 0 amide bonds. The van der Waals surface area contributed by atoms with Crippen LogP contribution in [0.5, 0.6) is 0 Å². The Hall–Kier alpha value is -1.65. The van der Waals surface area contributed by atoms with Crippen molar-refractivity contribution in [2.75, 3.05) is 11.9 Å². The van der Waals surface area contributed by atoms with E-state index in [-0.39, 0.29) is 0 Å². The van der Waals surface area contributed by atoms with Crippen LogP contribution < -0.4 is 5.32 Å². The van der Waals surface area contributed by atoms with Crippen LogP contribution in [0.3, 0.4) is 0 Å². The van der Waals surface area contributed by atoms with Gasteiger partial charge < -0.3 is 5.32 Å². The number of hydrogen-bond acceptors (Lipinski definition) is 4. The molecule has 0 aliphatic carbocycles. The minimum absolute atomic E-state index is 0.297. The molecule has 0 saturated carbocycles. The smallest absolute Gasteiger partial charge is 0.225 e. The van der Waals surface area contributed by atoms with Crippen LogP contribution in [0.1, 0.15) is 25.1 Å². The molecular formula is C18H20ClN3S. The van der Waals surface area contributed by atoms with E-state index in [0.29, 0.717) is 11.2 Å². The molecule has 0 unspecified atom stereocenters. The number of anilines is 1. The SMILES string of the molecule is Cc1sc2nc(Cl)nc(NCCC(C)C)c2c1-c1ccccc1. The van der Waals surface area contributed by atoms with Crippen molar-refractivity contribution in [2.24, 2.45) is 5.92 Å². The summed E-state index contributed by atoms with van der Waals surface area (Å²) in [7, 11) is 0. The molecular weight excluding hydrogens is 326 g/mol. The zero-order valence-corrected chi connectivity index (χ0v) is 15.1. The topological polar surface area (TPSA) is 37.8 Å². The number of thiophene rings is 1. The van der Waals surface area contributed by atoms with Crippen molar-refractivity contribution in [3.8, 4) is 11.1 Å². The Morgan fingerprint density at radius 3 is 2.61 bits per heavy atom. The van der Waals surface area contributed by atoms with Crippen molar-refractivity contribution in [3.63, 3.8) is 0 Å². The summed E-state index contributed by atoms with van der Waals surface area (Å²) >= 11 is 7.78. The van der Waals surface area contributed by atoms with E-state index in [9.17, 15) is 0 Å². The van der Waals surface area contributed by atoms with Gasteiger partial charge in [-0.3, -0.25) is 0 Å². The van der Waals surface area contributed by atoms with Crippen molar-refractivity contribution in [1.29, 1.82) is 0 Å². The Bertz CT molecular complexity index is 812. The van der Waals surface area contributed by atoms with E-state index in [4.69, 9.17) is 11.6 Å². The first-order chi connectivity index (χ1) is 11.1. The highest BCUT2D eigenvalue weighted by Gasteiger charge is 2.17. The van der Waals surface area contributed by atoms with Gasteiger partial charge in [0.2, 0.25) is 5.28 Å². The second-order valence-electron chi connectivity index (χ2n) is 6.03. The van der Waals surface area contributed by atoms with Crippen LogP contribution >= 0.6 is 22.9 Å². The number of nitrogens with one attached hydrogen (secondary N) is 1. The average molecular weight is 346 g/mol. The molecule has 3 nitrogen and oxygen atoms in total. The first-order valence-electron chi connectivity index (χ1n) is 7.82. The molecule has 0 aliphatic heterocycles. The van der Waals surface area contributed by atoms with Crippen LogP contribution in [0.2, 0.25) is 5.28 Å². The third kappa shape index (κ3) is 3.48. The van der Waals surface area contributed by atoms with Gasteiger partial charge in [0.05, 0.1) is 5.39 Å². The predicted molar refractivity (Wildman–Crippen MR) is 101 cm³/mol. The van der Waals surface area contributed by atoms with Crippen molar-refractivity contribution in [3.05, 3.63) is 40.5 Å². The Balaban J connectivity index is 2.11. The molecule has 23 heavy (non-hydrogen) atoms. The van der Waals surface area contributed by atoms with Gasteiger partial charge in [-0.25, -0.2) is 9.97 Å². The van der Waals surface area contributed by atoms with Gasteiger partial charge in [0, 0.05) is 17.0 Å². The summed E-state index contributed by atoms with van der Waals surface area (Å²) in [5, 5.41) is 4.83. The fourth-order valence-corrected chi connectivity index (χ4v) is 3.91. The maximum atomic E-state index is 6.12. The number of hydrogen-bond donors (Lipinski definition) is 1. The summed E-state index contributed by atoms with van der Waals surface area (Å²) in [5.41, 5.74) is 2.39. The summed E-state index contributed by atoms with van der Waals surface area (Å²) in [5.74, 6) is 1.48. The summed E-state index contributed by atoms with van der Waals surface area (Å²) in [6, 6.07) is 10.4. The lowest BCUT2D eigenvalue weighted by Crippen LogP contribution is -2.07. The van der Waals surface area contributed by atoms with Crippen molar-refractivity contribution < 1.29 is 0 Å². The summed E-state index contributed by atoms with van der Waals surface area (Å²) in [6.07, 6.45) is 1.09. The van der Waals surface area contributed by atoms with Gasteiger partial charge in [0.25, 0.3) is 0 Å². The standard InChI is InChI=1S/C18H20ClN3S/c1-11(2)9-10-20-16-15-14(13-7-5-4-6-8-13)12(3)23-17(15)22-18(19)21-16/h4-8,11H,9-10H2,1-3H3,(H,20,21,22). The molecule has 0 spiro atoms. The van der Waals surface area contributed by atoms with Crippen LogP contribution in [0.25, 0.3) is 21.3 Å². The third-order valence-electron chi connectivity index (χ3n) is 3.78. The molecule has 0 bridgehead atoms. The Labute approximate surface area is 145 Å². The van der Waals surface area contributed by atoms with E-state index in [2.05, 4.69) is 60.3 Å². The molecule has 3 aromatic rings. The number of rotatable bonds is 5. The molecule has 120 valence electrons. The lowest BCUT2D eigenvalue weighted by Gasteiger charge is -2.10. The molecule has 0 fully saturated rings. The van der Waals surface area contributed by atoms with Gasteiger partial charge in [-0.05, 0) is 36.4 Å². The van der Waals surface area contributed by atoms with E-state index in [1.165, 1.54) is 16.0 Å². The van der Waals surface area contributed by atoms with Crippen LogP contribution in [-0.4, -0.2) is 16.5 Å². The van der Waals surface area contributed by atoms with Gasteiger partial charge in [-0.15, -0.1) is 11.3 Å². The van der Waals surface area contributed by atoms with Crippen LogP contribution in [0.4, 0.5) is 5.82 Å². The number of benzene rings is 1. The summed E-state index contributed by atoms with van der Waals surface area (Å²) in [6.45, 7) is 7.44. The van der Waals surface area contributed by atoms with Crippen LogP contribution in [0, 0.1) is 12.8 Å². The molecule has 0 aliphatic rings. The fraction of sp³-hybridized carbons (Fsp3) is 0.333. The van der Waals surface area contributed by atoms with Gasteiger partial charge >= 0.3 is 0 Å². The lowest BCUT2D eigenvalue weighted by atomic mass is 10.0. The monoisotopic (exact) mass is 345 g/mol. The highest BCUT2D eigenvalue weighted by molar-refractivity contribution is 7.19. The highest BCUT2D eigenvalue weighted by Crippen LogP contribution is 2.41. The normalized spacial score (nSPS) is 11.3. The van der Waals surface area contributed by atoms with Crippen molar-refractivity contribution in [1.82, 2.24) is 9.97 Å². The molecule has 1 N–H and O–H groups in total. The minimum atomic E-state index is 0.297. The second-order valence-corrected chi connectivity index (χ2v) is 7.57. The van der Waals surface area contributed by atoms with E-state index in [0.717, 1.165) is 29.0 Å². The summed E-state index contributed by atoms with van der Waals surface area (Å²) < 4.78 is 0. The molecule has 5 heteroatoms. The molecule has 0 atom stereocenters. The minimum Gasteiger partial charge on any atom is -0.369 e. The number of aryl methyl sites for hydroxylation is 1. The highest BCUT2D eigenvalue weighted by atomic mass is 35.5. The van der Waals surface area contributed by atoms with Gasteiger partial charge in [0.1, 0.15) is 10.6 Å². The first-order valence-corrected chi connectivity index (χ1v) is 9.01. The van der Waals surface area contributed by atoms with Gasteiger partial charge in [-0.1, -0.05) is 44.2 Å². The maximum absolute atomic E-state index is 6.12. The number of nitrogens with zero attached hydrogens (tertiary/aromatic N) is 2. The first kappa shape index (κ1) is 16.2. The van der Waals surface area contributed by atoms with Gasteiger partial charge in [0.15, 0.2) is 0 Å². The average Bonchev–Trinajstić information content (AvgIpc) is 2.83. The Morgan fingerprint density at radius 2 is 1.91 bits per heavy atom. The van der Waals surface area contributed by atoms with Crippen molar-refractivity contribution >= 4 is 39.0 Å². The quantitative estimate of drug-likeness (QED) is 0.596. The molecule has 0 radical (unpaired) electrons. The Kier molecular flexibility index (Phi) is 4.83. The maximum Gasteiger partial charge on any atom is 0.225 e. The molecule has 0 saturated heterocycles. The molecule has 1 aromatic carbocycles. The van der Waals surface area contributed by atoms with Crippen molar-refractivity contribution in [2.45, 2.75) is 27.2 Å².